The molecule has 0 N–H and O–H groups in total. The molecule has 0 bridgehead atoms. The summed E-state index contributed by atoms with van der Waals surface area (Å²) in [5.41, 5.74) is 8.74. The minimum atomic E-state index is 0.692. The van der Waals surface area contributed by atoms with Crippen molar-refractivity contribution in [1.29, 1.82) is 5.26 Å². The molecule has 0 spiro atoms. The Morgan fingerprint density at radius 3 is 1.75 bits per heavy atom. The van der Waals surface area contributed by atoms with E-state index < -0.39 is 0 Å². The Balaban J connectivity index is 2.05. The van der Waals surface area contributed by atoms with E-state index in [1.54, 1.807) is 0 Å². The van der Waals surface area contributed by atoms with Gasteiger partial charge in [0.05, 0.1) is 5.56 Å². The van der Waals surface area contributed by atoms with Gasteiger partial charge in [0.1, 0.15) is 6.07 Å². The van der Waals surface area contributed by atoms with Gasteiger partial charge in [0.2, 0.25) is 0 Å². The predicted molar refractivity (Wildman–Crippen MR) is 115 cm³/mol. The van der Waals surface area contributed by atoms with Crippen LogP contribution in [0, 0.1) is 25.2 Å². The van der Waals surface area contributed by atoms with Crippen LogP contribution in [-0.4, -0.2) is 4.98 Å². The van der Waals surface area contributed by atoms with Crippen molar-refractivity contribution in [3.63, 3.8) is 0 Å². The average Bonchev–Trinajstić information content (AvgIpc) is 2.73. The van der Waals surface area contributed by atoms with Gasteiger partial charge >= 0.3 is 0 Å². The summed E-state index contributed by atoms with van der Waals surface area (Å²) < 4.78 is 0. The first-order chi connectivity index (χ1) is 13.7. The van der Waals surface area contributed by atoms with Crippen LogP contribution in [0.3, 0.4) is 0 Å². The predicted octanol–water partition coefficient (Wildman–Crippen LogP) is 6.57. The first-order valence-corrected chi connectivity index (χ1v) is 9.31. The average molecular weight is 360 g/mol. The number of rotatable bonds is 3. The largest absolute Gasteiger partial charge is 0.258 e. The number of pyridine rings is 1. The summed E-state index contributed by atoms with van der Waals surface area (Å²) in [6.45, 7) is 3.97. The molecular weight excluding hydrogens is 340 g/mol. The van der Waals surface area contributed by atoms with Crippen LogP contribution in [0.2, 0.25) is 0 Å². The van der Waals surface area contributed by atoms with Gasteiger partial charge in [0.25, 0.3) is 0 Å². The highest BCUT2D eigenvalue weighted by Gasteiger charge is 2.17. The number of aryl methyl sites for hydroxylation is 2. The molecule has 0 saturated heterocycles. The number of nitriles is 1. The van der Waals surface area contributed by atoms with E-state index in [0.29, 0.717) is 5.56 Å². The van der Waals surface area contributed by atoms with Crippen LogP contribution in [-0.2, 0) is 0 Å². The van der Waals surface area contributed by atoms with Crippen molar-refractivity contribution in [3.8, 4) is 39.4 Å². The summed E-state index contributed by atoms with van der Waals surface area (Å²) in [5, 5.41) is 10.2. The Kier molecular flexibility index (Phi) is 4.74. The van der Waals surface area contributed by atoms with E-state index in [0.717, 1.165) is 44.8 Å². The minimum Gasteiger partial charge on any atom is -0.258 e. The van der Waals surface area contributed by atoms with Crippen molar-refractivity contribution in [2.75, 3.05) is 0 Å². The molecule has 28 heavy (non-hydrogen) atoms. The fourth-order valence-electron chi connectivity index (χ4n) is 3.71. The van der Waals surface area contributed by atoms with Gasteiger partial charge in [-0.2, -0.15) is 5.26 Å². The highest BCUT2D eigenvalue weighted by atomic mass is 14.7. The van der Waals surface area contributed by atoms with Crippen LogP contribution in [0.4, 0.5) is 0 Å². The maximum atomic E-state index is 10.2. The third-order valence-corrected chi connectivity index (χ3v) is 4.86. The fourth-order valence-corrected chi connectivity index (χ4v) is 3.71. The molecule has 0 amide bonds. The van der Waals surface area contributed by atoms with Crippen LogP contribution in [0.25, 0.3) is 33.4 Å². The monoisotopic (exact) mass is 360 g/mol. The van der Waals surface area contributed by atoms with E-state index in [2.05, 4.69) is 47.5 Å². The van der Waals surface area contributed by atoms with Gasteiger partial charge in [-0.25, -0.2) is 0 Å². The molecule has 0 unspecified atom stereocenters. The van der Waals surface area contributed by atoms with Crippen LogP contribution < -0.4 is 0 Å². The number of benzene rings is 3. The van der Waals surface area contributed by atoms with E-state index in [1.807, 2.05) is 62.4 Å². The van der Waals surface area contributed by atoms with Crippen molar-refractivity contribution >= 4 is 0 Å². The van der Waals surface area contributed by atoms with E-state index in [-0.39, 0.29) is 0 Å². The van der Waals surface area contributed by atoms with Crippen molar-refractivity contribution in [3.05, 3.63) is 102 Å². The lowest BCUT2D eigenvalue weighted by Gasteiger charge is -2.16. The molecular formula is C26H20N2. The van der Waals surface area contributed by atoms with Crippen LogP contribution in [0.1, 0.15) is 17.0 Å². The summed E-state index contributed by atoms with van der Waals surface area (Å²) in [5.74, 6) is 0. The Morgan fingerprint density at radius 2 is 1.18 bits per heavy atom. The number of hydrogen-bond donors (Lipinski definition) is 0. The summed E-state index contributed by atoms with van der Waals surface area (Å²) in [6, 6.07) is 31.1. The molecule has 0 aliphatic carbocycles. The van der Waals surface area contributed by atoms with Gasteiger partial charge in [-0.15, -0.1) is 0 Å². The second-order valence-electron chi connectivity index (χ2n) is 6.89. The van der Waals surface area contributed by atoms with Gasteiger partial charge in [0.15, 0.2) is 0 Å². The lowest BCUT2D eigenvalue weighted by Crippen LogP contribution is -1.96. The quantitative estimate of drug-likeness (QED) is 0.414. The van der Waals surface area contributed by atoms with Crippen molar-refractivity contribution in [2.24, 2.45) is 0 Å². The normalized spacial score (nSPS) is 10.5. The maximum Gasteiger partial charge on any atom is 0.100 e. The third-order valence-electron chi connectivity index (χ3n) is 4.86. The van der Waals surface area contributed by atoms with E-state index >= 15 is 0 Å². The molecule has 0 fully saturated rings. The zero-order valence-electron chi connectivity index (χ0n) is 16.0. The summed E-state index contributed by atoms with van der Waals surface area (Å²) >= 11 is 0. The summed E-state index contributed by atoms with van der Waals surface area (Å²) in [4.78, 5) is 4.48. The van der Waals surface area contributed by atoms with E-state index in [4.69, 9.17) is 0 Å². The lowest BCUT2D eigenvalue weighted by molar-refractivity contribution is 1.12. The smallest absolute Gasteiger partial charge is 0.100 e. The number of hydrogen-bond acceptors (Lipinski definition) is 2. The molecule has 2 heteroatoms. The molecule has 0 atom stereocenters. The topological polar surface area (TPSA) is 36.7 Å². The standard InChI is InChI=1S/C26H20N2/c1-18-15-22(16-19(2)28-18)23-13-14-24(20-9-5-3-6-10-20)26(25(23)17-27)21-11-7-4-8-12-21/h3-16H,1-2H3. The zero-order chi connectivity index (χ0) is 19.5. The molecule has 0 aliphatic rings. The van der Waals surface area contributed by atoms with Gasteiger partial charge in [-0.1, -0.05) is 72.8 Å². The van der Waals surface area contributed by atoms with Gasteiger partial charge in [-0.3, -0.25) is 4.98 Å². The molecule has 3 aromatic carbocycles. The number of nitrogens with zero attached hydrogens (tertiary/aromatic N) is 2. The first-order valence-electron chi connectivity index (χ1n) is 9.31. The van der Waals surface area contributed by atoms with E-state index in [1.165, 1.54) is 0 Å². The Hall–Kier alpha value is -3.70. The Labute approximate surface area is 165 Å². The Bertz CT molecular complexity index is 1150. The van der Waals surface area contributed by atoms with Crippen molar-refractivity contribution < 1.29 is 0 Å². The minimum absolute atomic E-state index is 0.692. The molecule has 0 aliphatic heterocycles. The number of aromatic nitrogens is 1. The molecule has 134 valence electrons. The van der Waals surface area contributed by atoms with Crippen LogP contribution in [0.5, 0.6) is 0 Å². The van der Waals surface area contributed by atoms with Gasteiger partial charge in [0, 0.05) is 22.5 Å². The van der Waals surface area contributed by atoms with Crippen LogP contribution >= 0.6 is 0 Å². The van der Waals surface area contributed by atoms with Crippen LogP contribution in [0.15, 0.2) is 84.9 Å². The Morgan fingerprint density at radius 1 is 0.643 bits per heavy atom. The highest BCUT2D eigenvalue weighted by Crippen LogP contribution is 2.39. The van der Waals surface area contributed by atoms with Gasteiger partial charge in [-0.05, 0) is 48.2 Å². The second kappa shape index (κ2) is 7.50. The fraction of sp³-hybridized carbons (Fsp3) is 0.0769. The zero-order valence-corrected chi connectivity index (χ0v) is 16.0. The summed E-state index contributed by atoms with van der Waals surface area (Å²) in [6.07, 6.45) is 0. The second-order valence-corrected chi connectivity index (χ2v) is 6.89. The third kappa shape index (κ3) is 3.31. The summed E-state index contributed by atoms with van der Waals surface area (Å²) in [7, 11) is 0. The van der Waals surface area contributed by atoms with E-state index in [9.17, 15) is 5.26 Å². The molecule has 0 radical (unpaired) electrons. The lowest BCUT2D eigenvalue weighted by atomic mass is 9.86. The highest BCUT2D eigenvalue weighted by molar-refractivity contribution is 5.92. The molecule has 2 nitrogen and oxygen atoms in total. The van der Waals surface area contributed by atoms with Gasteiger partial charge < -0.3 is 0 Å². The molecule has 0 saturated carbocycles. The molecule has 1 aromatic heterocycles. The molecule has 4 aromatic rings. The van der Waals surface area contributed by atoms with Crippen molar-refractivity contribution in [2.45, 2.75) is 13.8 Å². The first kappa shape index (κ1) is 17.7. The maximum absolute atomic E-state index is 10.2. The molecule has 4 rings (SSSR count). The van der Waals surface area contributed by atoms with Crippen molar-refractivity contribution in [1.82, 2.24) is 4.98 Å². The SMILES string of the molecule is Cc1cc(-c2ccc(-c3ccccc3)c(-c3ccccc3)c2C#N)cc(C)n1. The molecule has 1 heterocycles.